The molecule has 10 heteroatoms. The third-order valence-electron chi connectivity index (χ3n) is 5.47. The monoisotopic (exact) mass is 474 g/mol. The highest BCUT2D eigenvalue weighted by Crippen LogP contribution is 2.42. The second-order valence-electron chi connectivity index (χ2n) is 7.53. The Kier molecular flexibility index (Phi) is 7.00. The maximum Gasteiger partial charge on any atom is 0.267 e. The van der Waals surface area contributed by atoms with Gasteiger partial charge in [0.25, 0.3) is 5.91 Å². The zero-order valence-electron chi connectivity index (χ0n) is 18.6. The molecule has 0 spiro atoms. The Morgan fingerprint density at radius 2 is 1.75 bits per heavy atom. The predicted molar refractivity (Wildman–Crippen MR) is 127 cm³/mol. The molecule has 1 aliphatic carbocycles. The Balaban J connectivity index is 1.72. The Hall–Kier alpha value is -2.59. The van der Waals surface area contributed by atoms with Gasteiger partial charge in [0.05, 0.1) is 26.2 Å². The van der Waals surface area contributed by atoms with Gasteiger partial charge in [0, 0.05) is 6.04 Å². The summed E-state index contributed by atoms with van der Waals surface area (Å²) in [4.78, 5) is 20.6. The molecule has 0 unspecified atom stereocenters. The van der Waals surface area contributed by atoms with Gasteiger partial charge in [-0.15, -0.1) is 10.2 Å². The van der Waals surface area contributed by atoms with Gasteiger partial charge in [0.15, 0.2) is 16.7 Å². The topological polar surface area (TPSA) is 86.1 Å². The van der Waals surface area contributed by atoms with E-state index in [9.17, 15) is 4.79 Å². The average Bonchev–Trinajstić information content (AvgIpc) is 3.35. The average molecular weight is 475 g/mol. The van der Waals surface area contributed by atoms with Crippen molar-refractivity contribution in [2.45, 2.75) is 45.1 Å². The van der Waals surface area contributed by atoms with Gasteiger partial charge in [-0.25, -0.2) is 0 Å². The number of amidine groups is 1. The molecule has 1 aromatic heterocycles. The van der Waals surface area contributed by atoms with Crippen LogP contribution in [0.25, 0.3) is 6.08 Å². The summed E-state index contributed by atoms with van der Waals surface area (Å²) in [6.07, 6.45) is 7.27. The first kappa shape index (κ1) is 22.6. The van der Waals surface area contributed by atoms with Crippen LogP contribution in [0.15, 0.2) is 22.0 Å². The lowest BCUT2D eigenvalue weighted by Crippen LogP contribution is -2.40. The van der Waals surface area contributed by atoms with Crippen LogP contribution in [0.2, 0.25) is 0 Å². The Morgan fingerprint density at radius 1 is 1.06 bits per heavy atom. The van der Waals surface area contributed by atoms with Gasteiger partial charge in [0.2, 0.25) is 10.9 Å². The van der Waals surface area contributed by atoms with Crippen LogP contribution in [0.5, 0.6) is 17.2 Å². The summed E-state index contributed by atoms with van der Waals surface area (Å²) < 4.78 is 16.3. The third-order valence-corrected chi connectivity index (χ3v) is 7.18. The summed E-state index contributed by atoms with van der Waals surface area (Å²) in [7, 11) is 4.71. The van der Waals surface area contributed by atoms with Crippen LogP contribution in [0.4, 0.5) is 5.13 Å². The van der Waals surface area contributed by atoms with E-state index in [4.69, 9.17) is 19.2 Å². The van der Waals surface area contributed by atoms with E-state index >= 15 is 0 Å². The van der Waals surface area contributed by atoms with E-state index < -0.39 is 0 Å². The van der Waals surface area contributed by atoms with Crippen molar-refractivity contribution < 1.29 is 19.0 Å². The van der Waals surface area contributed by atoms with Crippen LogP contribution in [0.1, 0.15) is 42.7 Å². The number of benzene rings is 1. The summed E-state index contributed by atoms with van der Waals surface area (Å²) in [5, 5.41) is 10.2. The fraction of sp³-hybridized carbons (Fsp3) is 0.455. The Labute approximate surface area is 195 Å². The molecule has 1 aliphatic heterocycles. The van der Waals surface area contributed by atoms with Crippen molar-refractivity contribution in [2.24, 2.45) is 4.99 Å². The van der Waals surface area contributed by atoms with E-state index in [1.807, 2.05) is 30.0 Å². The molecule has 1 saturated heterocycles. The van der Waals surface area contributed by atoms with Crippen molar-refractivity contribution in [3.63, 3.8) is 0 Å². The first-order chi connectivity index (χ1) is 15.5. The van der Waals surface area contributed by atoms with Crippen molar-refractivity contribution in [2.75, 3.05) is 21.3 Å². The first-order valence-corrected chi connectivity index (χ1v) is 12.1. The molecule has 170 valence electrons. The largest absolute Gasteiger partial charge is 0.493 e. The van der Waals surface area contributed by atoms with E-state index in [2.05, 4.69) is 10.2 Å². The smallest absolute Gasteiger partial charge is 0.267 e. The van der Waals surface area contributed by atoms with Crippen LogP contribution in [0.3, 0.4) is 0 Å². The van der Waals surface area contributed by atoms with Gasteiger partial charge in [-0.1, -0.05) is 30.6 Å². The highest BCUT2D eigenvalue weighted by molar-refractivity contribution is 8.18. The van der Waals surface area contributed by atoms with Gasteiger partial charge < -0.3 is 14.2 Å². The SMILES string of the molecule is COc1cc(/C=C2\S/C(=N/c3nnc(C)s3)N(C3CCCCC3)C2=O)cc(OC)c1OC. The molecule has 2 heterocycles. The Morgan fingerprint density at radius 3 is 2.31 bits per heavy atom. The number of methoxy groups -OCH3 is 3. The highest BCUT2D eigenvalue weighted by Gasteiger charge is 2.39. The summed E-state index contributed by atoms with van der Waals surface area (Å²) in [6, 6.07) is 3.81. The zero-order chi connectivity index (χ0) is 22.7. The highest BCUT2D eigenvalue weighted by atomic mass is 32.2. The van der Waals surface area contributed by atoms with Gasteiger partial charge in [-0.05, 0) is 55.3 Å². The molecule has 0 N–H and O–H groups in total. The summed E-state index contributed by atoms with van der Waals surface area (Å²) in [5.74, 6) is 1.56. The zero-order valence-corrected chi connectivity index (χ0v) is 20.2. The normalized spacial score (nSPS) is 19.8. The number of amides is 1. The Bertz CT molecular complexity index is 1030. The standard InChI is InChI=1S/C22H26N4O4S2/c1-13-24-25-21(31-13)23-22-26(15-8-6-5-7-9-15)20(27)18(32-22)12-14-10-16(28-2)19(30-4)17(11-14)29-3/h10-12,15H,5-9H2,1-4H3/b18-12-,23-22+. The molecule has 1 saturated carbocycles. The number of thioether (sulfide) groups is 1. The van der Waals surface area contributed by atoms with E-state index in [1.165, 1.54) is 29.5 Å². The first-order valence-electron chi connectivity index (χ1n) is 10.5. The number of nitrogens with zero attached hydrogens (tertiary/aromatic N) is 4. The third kappa shape index (κ3) is 4.61. The minimum absolute atomic E-state index is 0.0318. The number of ether oxygens (including phenoxy) is 3. The summed E-state index contributed by atoms with van der Waals surface area (Å²) in [5.41, 5.74) is 0.784. The maximum absolute atomic E-state index is 13.5. The molecule has 2 aromatic rings. The number of aryl methyl sites for hydroxylation is 1. The second-order valence-corrected chi connectivity index (χ2v) is 9.70. The molecule has 1 aromatic carbocycles. The van der Waals surface area contributed by atoms with Crippen molar-refractivity contribution in [3.8, 4) is 17.2 Å². The fourth-order valence-electron chi connectivity index (χ4n) is 3.98. The number of aliphatic imine (C=N–C) groups is 1. The maximum atomic E-state index is 13.5. The molecular formula is C22H26N4O4S2. The van der Waals surface area contributed by atoms with E-state index in [1.54, 1.807) is 21.3 Å². The molecule has 0 radical (unpaired) electrons. The molecular weight excluding hydrogens is 448 g/mol. The minimum atomic E-state index is -0.0318. The van der Waals surface area contributed by atoms with Crippen molar-refractivity contribution >= 4 is 45.4 Å². The fourth-order valence-corrected chi connectivity index (χ4v) is 5.63. The molecule has 8 nitrogen and oxygen atoms in total. The molecule has 0 bridgehead atoms. The molecule has 0 atom stereocenters. The lowest BCUT2D eigenvalue weighted by atomic mass is 9.94. The van der Waals surface area contributed by atoms with Crippen LogP contribution in [-0.4, -0.2) is 53.5 Å². The van der Waals surface area contributed by atoms with Gasteiger partial charge in [-0.3, -0.25) is 9.69 Å². The van der Waals surface area contributed by atoms with Crippen LogP contribution in [0, 0.1) is 6.92 Å². The summed E-state index contributed by atoms with van der Waals surface area (Å²) in [6.45, 7) is 1.89. The molecule has 32 heavy (non-hydrogen) atoms. The lowest BCUT2D eigenvalue weighted by Gasteiger charge is -2.30. The number of aromatic nitrogens is 2. The second kappa shape index (κ2) is 9.91. The van der Waals surface area contributed by atoms with Crippen LogP contribution in [-0.2, 0) is 4.79 Å². The van der Waals surface area contributed by atoms with Gasteiger partial charge in [0.1, 0.15) is 5.01 Å². The molecule has 2 fully saturated rings. The molecule has 2 aliphatic rings. The number of rotatable bonds is 6. The van der Waals surface area contributed by atoms with Crippen molar-refractivity contribution in [1.29, 1.82) is 0 Å². The quantitative estimate of drug-likeness (QED) is 0.555. The number of hydrogen-bond acceptors (Lipinski definition) is 9. The number of hydrogen-bond donors (Lipinski definition) is 0. The number of carbonyl (C=O) groups excluding carboxylic acids is 1. The van der Waals surface area contributed by atoms with E-state index in [0.29, 0.717) is 32.5 Å². The van der Waals surface area contributed by atoms with Crippen molar-refractivity contribution in [1.82, 2.24) is 15.1 Å². The molecule has 4 rings (SSSR count). The van der Waals surface area contributed by atoms with Gasteiger partial charge >= 0.3 is 0 Å². The van der Waals surface area contributed by atoms with E-state index in [-0.39, 0.29) is 11.9 Å². The predicted octanol–water partition coefficient (Wildman–Crippen LogP) is 4.81. The van der Waals surface area contributed by atoms with E-state index in [0.717, 1.165) is 36.3 Å². The minimum Gasteiger partial charge on any atom is -0.493 e. The molecule has 1 amide bonds. The van der Waals surface area contributed by atoms with Crippen LogP contribution < -0.4 is 14.2 Å². The van der Waals surface area contributed by atoms with Crippen molar-refractivity contribution in [3.05, 3.63) is 27.6 Å². The number of carbonyl (C=O) groups is 1. The lowest BCUT2D eigenvalue weighted by molar-refractivity contribution is -0.124. The van der Waals surface area contributed by atoms with Crippen LogP contribution >= 0.6 is 23.1 Å². The van der Waals surface area contributed by atoms with Gasteiger partial charge in [-0.2, -0.15) is 4.99 Å². The summed E-state index contributed by atoms with van der Waals surface area (Å²) >= 11 is 2.79.